The maximum atomic E-state index is 13.4. The summed E-state index contributed by atoms with van der Waals surface area (Å²) in [6, 6.07) is 5.99. The summed E-state index contributed by atoms with van der Waals surface area (Å²) in [5.41, 5.74) is 1.26. The van der Waals surface area contributed by atoms with Gasteiger partial charge in [0.15, 0.2) is 0 Å². The van der Waals surface area contributed by atoms with Crippen molar-refractivity contribution in [3.63, 3.8) is 0 Å². The lowest BCUT2D eigenvalue weighted by atomic mass is 9.76. The number of hydrogen-bond acceptors (Lipinski definition) is 2. The summed E-state index contributed by atoms with van der Waals surface area (Å²) < 4.78 is 14.0. The third-order valence-corrected chi connectivity index (χ3v) is 5.03. The van der Waals surface area contributed by atoms with E-state index in [1.165, 1.54) is 24.8 Å². The Balaban J connectivity index is 0.00000110. The zero-order valence-corrected chi connectivity index (χ0v) is 15.1. The van der Waals surface area contributed by atoms with Gasteiger partial charge < -0.3 is 5.32 Å². The van der Waals surface area contributed by atoms with Crippen molar-refractivity contribution in [1.82, 2.24) is 10.2 Å². The quantitative estimate of drug-likeness (QED) is 0.820. The van der Waals surface area contributed by atoms with E-state index in [-0.39, 0.29) is 30.6 Å². The molecule has 6 heteroatoms. The fourth-order valence-electron chi connectivity index (χ4n) is 3.19. The Hall–Kier alpha value is 0.130. The summed E-state index contributed by atoms with van der Waals surface area (Å²) in [6.45, 7) is 4.31. The molecule has 1 aromatic carbocycles. The molecule has 1 saturated heterocycles. The maximum absolute atomic E-state index is 13.4. The largest absolute Gasteiger partial charge is 0.314 e. The molecule has 1 aliphatic heterocycles. The first-order chi connectivity index (χ1) is 9.25. The van der Waals surface area contributed by atoms with Crippen molar-refractivity contribution in [2.24, 2.45) is 5.92 Å². The molecule has 0 amide bonds. The van der Waals surface area contributed by atoms with Crippen LogP contribution < -0.4 is 5.32 Å². The summed E-state index contributed by atoms with van der Waals surface area (Å²) in [5.74, 6) is 0.576. The molecule has 1 heterocycles. The fraction of sp³-hybridized carbons (Fsp3) is 0.600. The minimum atomic E-state index is -0.170. The Morgan fingerprint density at radius 1 is 1.19 bits per heavy atom. The SMILES string of the molecule is Cl.Cl.Fc1ccc([C@@H](C2CCC2)N2CCNCC2)cc1Br. The van der Waals surface area contributed by atoms with E-state index in [9.17, 15) is 4.39 Å². The van der Waals surface area contributed by atoms with Crippen LogP contribution in [0.25, 0.3) is 0 Å². The van der Waals surface area contributed by atoms with Crippen molar-refractivity contribution < 1.29 is 4.39 Å². The second kappa shape index (κ2) is 8.68. The second-order valence-corrected chi connectivity index (χ2v) is 6.45. The van der Waals surface area contributed by atoms with E-state index in [1.54, 1.807) is 6.07 Å². The summed E-state index contributed by atoms with van der Waals surface area (Å²) in [4.78, 5) is 2.57. The number of benzene rings is 1. The Labute approximate surface area is 146 Å². The van der Waals surface area contributed by atoms with Gasteiger partial charge in [-0.1, -0.05) is 12.5 Å². The number of rotatable bonds is 3. The minimum Gasteiger partial charge on any atom is -0.314 e. The third-order valence-electron chi connectivity index (χ3n) is 4.43. The van der Waals surface area contributed by atoms with Crippen molar-refractivity contribution in [2.75, 3.05) is 26.2 Å². The van der Waals surface area contributed by atoms with Crippen LogP contribution in [0, 0.1) is 11.7 Å². The number of halogens is 4. The Morgan fingerprint density at radius 3 is 2.38 bits per heavy atom. The number of piperazine rings is 1. The zero-order chi connectivity index (χ0) is 13.2. The molecular formula is C15H22BrCl2FN2. The molecule has 2 fully saturated rings. The van der Waals surface area contributed by atoms with Gasteiger partial charge in [-0.15, -0.1) is 24.8 Å². The molecule has 1 atom stereocenters. The monoisotopic (exact) mass is 398 g/mol. The molecule has 0 unspecified atom stereocenters. The van der Waals surface area contributed by atoms with E-state index in [1.807, 2.05) is 12.1 Å². The first kappa shape index (κ1) is 19.2. The van der Waals surface area contributed by atoms with Gasteiger partial charge >= 0.3 is 0 Å². The lowest BCUT2D eigenvalue weighted by Crippen LogP contribution is -2.47. The van der Waals surface area contributed by atoms with Crippen LogP contribution in [0.4, 0.5) is 4.39 Å². The van der Waals surface area contributed by atoms with Crippen LogP contribution in [0.1, 0.15) is 30.9 Å². The highest BCUT2D eigenvalue weighted by Gasteiger charge is 2.33. The van der Waals surface area contributed by atoms with Gasteiger partial charge in [0, 0.05) is 32.2 Å². The first-order valence-electron chi connectivity index (χ1n) is 7.15. The van der Waals surface area contributed by atoms with E-state index in [4.69, 9.17) is 0 Å². The maximum Gasteiger partial charge on any atom is 0.137 e. The summed E-state index contributed by atoms with van der Waals surface area (Å²) in [6.07, 6.45) is 3.96. The molecule has 1 aromatic rings. The third kappa shape index (κ3) is 4.32. The molecule has 21 heavy (non-hydrogen) atoms. The average Bonchev–Trinajstić information content (AvgIpc) is 2.38. The predicted molar refractivity (Wildman–Crippen MR) is 93.1 cm³/mol. The average molecular weight is 400 g/mol. The summed E-state index contributed by atoms with van der Waals surface area (Å²) in [7, 11) is 0. The summed E-state index contributed by atoms with van der Waals surface area (Å²) in [5, 5.41) is 3.41. The van der Waals surface area contributed by atoms with Gasteiger partial charge in [-0.2, -0.15) is 0 Å². The van der Waals surface area contributed by atoms with Crippen molar-refractivity contribution >= 4 is 40.7 Å². The van der Waals surface area contributed by atoms with Gasteiger partial charge in [0.05, 0.1) is 4.47 Å². The highest BCUT2D eigenvalue weighted by molar-refractivity contribution is 9.10. The van der Waals surface area contributed by atoms with Crippen molar-refractivity contribution in [3.8, 4) is 0 Å². The fourth-order valence-corrected chi connectivity index (χ4v) is 3.59. The molecule has 3 rings (SSSR count). The number of nitrogens with zero attached hydrogens (tertiary/aromatic N) is 1. The van der Waals surface area contributed by atoms with Crippen molar-refractivity contribution in [2.45, 2.75) is 25.3 Å². The van der Waals surface area contributed by atoms with Gasteiger partial charge in [-0.05, 0) is 52.4 Å². The lowest BCUT2D eigenvalue weighted by Gasteiger charge is -2.43. The van der Waals surface area contributed by atoms with Crippen LogP contribution in [-0.4, -0.2) is 31.1 Å². The van der Waals surface area contributed by atoms with Gasteiger partial charge in [0.1, 0.15) is 5.82 Å². The number of nitrogens with one attached hydrogen (secondary N) is 1. The molecule has 0 radical (unpaired) electrons. The van der Waals surface area contributed by atoms with E-state index >= 15 is 0 Å². The normalized spacial score (nSPS) is 20.9. The Bertz CT molecular complexity index is 451. The van der Waals surface area contributed by atoms with Gasteiger partial charge in [-0.3, -0.25) is 4.90 Å². The highest BCUT2D eigenvalue weighted by atomic mass is 79.9. The predicted octanol–water partition coefficient (Wildman–Crippen LogP) is 4.18. The van der Waals surface area contributed by atoms with Crippen LogP contribution in [0.2, 0.25) is 0 Å². The molecular weight excluding hydrogens is 378 g/mol. The molecule has 120 valence electrons. The van der Waals surface area contributed by atoms with Crippen LogP contribution in [0.3, 0.4) is 0 Å². The molecule has 0 aromatic heterocycles. The van der Waals surface area contributed by atoms with Crippen molar-refractivity contribution in [1.29, 1.82) is 0 Å². The number of hydrogen-bond donors (Lipinski definition) is 1. The van der Waals surface area contributed by atoms with Gasteiger partial charge in [0.2, 0.25) is 0 Å². The molecule has 1 saturated carbocycles. The zero-order valence-electron chi connectivity index (χ0n) is 11.9. The van der Waals surface area contributed by atoms with Crippen LogP contribution >= 0.6 is 40.7 Å². The van der Waals surface area contributed by atoms with Crippen LogP contribution in [-0.2, 0) is 0 Å². The molecule has 2 aliphatic rings. The molecule has 0 spiro atoms. The first-order valence-corrected chi connectivity index (χ1v) is 7.95. The topological polar surface area (TPSA) is 15.3 Å². The molecule has 1 aliphatic carbocycles. The minimum absolute atomic E-state index is 0. The molecule has 2 nitrogen and oxygen atoms in total. The van der Waals surface area contributed by atoms with Crippen LogP contribution in [0.5, 0.6) is 0 Å². The van der Waals surface area contributed by atoms with E-state index < -0.39 is 0 Å². The summed E-state index contributed by atoms with van der Waals surface area (Å²) >= 11 is 3.32. The van der Waals surface area contributed by atoms with Gasteiger partial charge in [-0.25, -0.2) is 4.39 Å². The lowest BCUT2D eigenvalue weighted by molar-refractivity contribution is 0.0836. The standard InChI is InChI=1S/C15H20BrFN2.2ClH/c16-13-10-12(4-5-14(13)17)15(11-2-1-3-11)19-8-6-18-7-9-19;;/h4-5,10-11,15,18H,1-3,6-9H2;2*1H/t15-;;/m1../s1. The molecule has 0 bridgehead atoms. The second-order valence-electron chi connectivity index (χ2n) is 5.60. The Morgan fingerprint density at radius 2 is 1.86 bits per heavy atom. The van der Waals surface area contributed by atoms with E-state index in [2.05, 4.69) is 26.1 Å². The van der Waals surface area contributed by atoms with E-state index in [0.29, 0.717) is 10.5 Å². The Kier molecular flexibility index (Phi) is 7.93. The molecule has 1 N–H and O–H groups in total. The smallest absolute Gasteiger partial charge is 0.137 e. The van der Waals surface area contributed by atoms with Gasteiger partial charge in [0.25, 0.3) is 0 Å². The van der Waals surface area contributed by atoms with E-state index in [0.717, 1.165) is 32.1 Å². The van der Waals surface area contributed by atoms with Crippen LogP contribution in [0.15, 0.2) is 22.7 Å². The highest BCUT2D eigenvalue weighted by Crippen LogP contribution is 2.42. The van der Waals surface area contributed by atoms with Crippen molar-refractivity contribution in [3.05, 3.63) is 34.1 Å².